The maximum Gasteiger partial charge on any atom is 0.310 e. The van der Waals surface area contributed by atoms with Crippen molar-refractivity contribution in [1.29, 1.82) is 0 Å². The molecule has 0 saturated heterocycles. The molecule has 0 radical (unpaired) electrons. The third kappa shape index (κ3) is 10.4. The number of carbonyl (C=O) groups excluding carboxylic acids is 2. The topological polar surface area (TPSA) is 96.0 Å². The first-order valence-electron chi connectivity index (χ1n) is 15.8. The zero-order chi connectivity index (χ0) is 32.0. The van der Waals surface area contributed by atoms with Crippen molar-refractivity contribution in [2.75, 3.05) is 31.3 Å². The molecule has 0 aliphatic heterocycles. The molecule has 0 unspecified atom stereocenters. The molecule has 0 fully saturated rings. The Morgan fingerprint density at radius 1 is 0.837 bits per heavy atom. The second-order valence-electron chi connectivity index (χ2n) is 11.1. The van der Waals surface area contributed by atoms with Crippen LogP contribution in [0.15, 0.2) is 36.4 Å². The van der Waals surface area contributed by atoms with E-state index in [1.165, 1.54) is 0 Å². The third-order valence-electron chi connectivity index (χ3n) is 8.46. The molecular formula is C34H52O7P2. The third-order valence-corrected chi connectivity index (χ3v) is 18.0. The first-order valence-corrected chi connectivity index (χ1v) is 20.1. The molecule has 2 aromatic rings. The van der Waals surface area contributed by atoms with Gasteiger partial charge < -0.3 is 23.3 Å². The highest BCUT2D eigenvalue weighted by Gasteiger charge is 2.40. The number of ether oxygens (including phenoxy) is 3. The average Bonchev–Trinajstić information content (AvgIpc) is 3.02. The van der Waals surface area contributed by atoms with Gasteiger partial charge >= 0.3 is 11.9 Å². The summed E-state index contributed by atoms with van der Waals surface area (Å²) < 4.78 is 44.8. The predicted molar refractivity (Wildman–Crippen MR) is 177 cm³/mol. The number of unbranched alkanes of at least 4 members (excludes halogenated alkanes) is 1. The van der Waals surface area contributed by atoms with Crippen LogP contribution in [0.5, 0.6) is 11.5 Å². The molecule has 7 nitrogen and oxygen atoms in total. The lowest BCUT2D eigenvalue weighted by Crippen LogP contribution is -2.16. The Bertz CT molecular complexity index is 1250. The van der Waals surface area contributed by atoms with Crippen LogP contribution in [0.4, 0.5) is 0 Å². The fourth-order valence-electron chi connectivity index (χ4n) is 5.57. The van der Waals surface area contributed by atoms with Crippen molar-refractivity contribution in [3.8, 4) is 11.5 Å². The molecule has 0 aliphatic carbocycles. The summed E-state index contributed by atoms with van der Waals surface area (Å²) in [6, 6.07) is 11.3. The summed E-state index contributed by atoms with van der Waals surface area (Å²) in [7, 11) is -5.03. The lowest BCUT2D eigenvalue weighted by molar-refractivity contribution is -0.144. The molecule has 0 saturated carbocycles. The number of hydrogen-bond acceptors (Lipinski definition) is 7. The van der Waals surface area contributed by atoms with E-state index < -0.39 is 14.3 Å². The van der Waals surface area contributed by atoms with Crippen molar-refractivity contribution in [1.82, 2.24) is 0 Å². The summed E-state index contributed by atoms with van der Waals surface area (Å²) in [5.74, 6) is 0.475. The number of carbonyl (C=O) groups is 2. The number of hydrogen-bond donors (Lipinski definition) is 0. The van der Waals surface area contributed by atoms with E-state index in [1.54, 1.807) is 13.0 Å². The quantitative estimate of drug-likeness (QED) is 0.0659. The second-order valence-corrected chi connectivity index (χ2v) is 19.1. The number of aryl methyl sites for hydroxylation is 1. The van der Waals surface area contributed by atoms with Crippen LogP contribution in [0.3, 0.4) is 0 Å². The number of rotatable bonds is 19. The molecule has 0 aliphatic rings. The molecule has 0 atom stereocenters. The fraction of sp³-hybridized carbons (Fsp3) is 0.588. The Morgan fingerprint density at radius 3 is 2.00 bits per heavy atom. The van der Waals surface area contributed by atoms with E-state index in [4.69, 9.17) is 14.2 Å². The Balaban J connectivity index is 2.13. The molecule has 240 valence electrons. The van der Waals surface area contributed by atoms with E-state index in [0.717, 1.165) is 35.1 Å². The molecule has 2 rings (SSSR count). The largest absolute Gasteiger partial charge is 0.493 e. The van der Waals surface area contributed by atoms with Gasteiger partial charge in [-0.05, 0) is 86.9 Å². The Hall–Kier alpha value is -2.36. The van der Waals surface area contributed by atoms with Gasteiger partial charge in [-0.25, -0.2) is 0 Å². The molecule has 0 bridgehead atoms. The molecule has 9 heteroatoms. The van der Waals surface area contributed by atoms with Gasteiger partial charge in [0.05, 0.1) is 26.3 Å². The highest BCUT2D eigenvalue weighted by atomic mass is 31.2. The van der Waals surface area contributed by atoms with E-state index in [1.807, 2.05) is 71.9 Å². The van der Waals surface area contributed by atoms with E-state index in [-0.39, 0.29) is 36.8 Å². The van der Waals surface area contributed by atoms with Crippen molar-refractivity contribution >= 4 is 26.2 Å². The molecule has 0 spiro atoms. The van der Waals surface area contributed by atoms with Crippen molar-refractivity contribution in [2.45, 2.75) is 99.0 Å². The number of esters is 2. The molecule has 43 heavy (non-hydrogen) atoms. The van der Waals surface area contributed by atoms with Crippen LogP contribution < -0.4 is 9.47 Å². The minimum Gasteiger partial charge on any atom is -0.493 e. The zero-order valence-electron chi connectivity index (χ0n) is 27.3. The standard InChI is InChI=1S/C34H52O7P2/c1-8-31(35)41-30-24-26(6)34(27(7)29(30)21-22-32(36)40-25-28-18-14-13-15-19-28)39-23-17-16-20-33(42(37,9-2)10-3)43(38,11-4)12-5/h13-15,18-19,24,33H,8-12,16-17,20-23,25H2,1-7H3. The zero-order valence-corrected chi connectivity index (χ0v) is 29.1. The molecule has 2 aromatic carbocycles. The van der Waals surface area contributed by atoms with Gasteiger partial charge in [0.15, 0.2) is 0 Å². The van der Waals surface area contributed by atoms with Gasteiger partial charge in [0.1, 0.15) is 18.1 Å². The molecule has 0 amide bonds. The monoisotopic (exact) mass is 634 g/mol. The normalized spacial score (nSPS) is 11.9. The predicted octanol–water partition coefficient (Wildman–Crippen LogP) is 8.98. The first kappa shape index (κ1) is 36.8. The molecule has 0 N–H and O–H groups in total. The van der Waals surface area contributed by atoms with E-state index in [9.17, 15) is 18.7 Å². The van der Waals surface area contributed by atoms with Crippen LogP contribution in [0.1, 0.15) is 89.0 Å². The van der Waals surface area contributed by atoms with E-state index >= 15 is 0 Å². The summed E-state index contributed by atoms with van der Waals surface area (Å²) in [6.07, 6.45) is 5.27. The second kappa shape index (κ2) is 17.8. The molecule has 0 heterocycles. The van der Waals surface area contributed by atoms with E-state index in [2.05, 4.69) is 0 Å². The Labute approximate surface area is 259 Å². The van der Waals surface area contributed by atoms with Crippen LogP contribution in [0, 0.1) is 13.8 Å². The molecular weight excluding hydrogens is 582 g/mol. The van der Waals surface area contributed by atoms with Crippen molar-refractivity contribution in [3.63, 3.8) is 0 Å². The summed E-state index contributed by atoms with van der Waals surface area (Å²) in [6.45, 7) is 14.1. The van der Waals surface area contributed by atoms with Gasteiger partial charge in [-0.2, -0.15) is 0 Å². The van der Waals surface area contributed by atoms with Crippen molar-refractivity contribution < 1.29 is 32.9 Å². The summed E-state index contributed by atoms with van der Waals surface area (Å²) in [5.41, 5.74) is 3.34. The lowest BCUT2D eigenvalue weighted by Gasteiger charge is -2.32. The van der Waals surface area contributed by atoms with Crippen LogP contribution in [-0.4, -0.2) is 48.6 Å². The SMILES string of the molecule is CCC(=O)Oc1cc(C)c(OCCCCC(P(=O)(CC)CC)P(=O)(CC)CC)c(C)c1CCC(=O)OCc1ccccc1. The van der Waals surface area contributed by atoms with Gasteiger partial charge in [-0.15, -0.1) is 0 Å². The number of benzene rings is 2. The Morgan fingerprint density at radius 2 is 1.44 bits per heavy atom. The van der Waals surface area contributed by atoms with Crippen LogP contribution in [0.2, 0.25) is 0 Å². The highest BCUT2D eigenvalue weighted by molar-refractivity contribution is 7.81. The lowest BCUT2D eigenvalue weighted by atomic mass is 9.98. The summed E-state index contributed by atoms with van der Waals surface area (Å²) in [4.78, 5) is 24.7. The first-order chi connectivity index (χ1) is 20.5. The van der Waals surface area contributed by atoms with Gasteiger partial charge in [0.25, 0.3) is 0 Å². The van der Waals surface area contributed by atoms with E-state index in [0.29, 0.717) is 55.6 Å². The summed E-state index contributed by atoms with van der Waals surface area (Å²) >= 11 is 0. The average molecular weight is 635 g/mol. The Kier molecular flexibility index (Phi) is 15.3. The van der Waals surface area contributed by atoms with Crippen LogP contribution in [-0.2, 0) is 36.5 Å². The minimum atomic E-state index is -2.52. The van der Waals surface area contributed by atoms with Crippen molar-refractivity contribution in [3.05, 3.63) is 58.7 Å². The van der Waals surface area contributed by atoms with Gasteiger partial charge in [0.2, 0.25) is 0 Å². The maximum absolute atomic E-state index is 13.7. The smallest absolute Gasteiger partial charge is 0.310 e. The fourth-order valence-corrected chi connectivity index (χ4v) is 14.5. The minimum absolute atomic E-state index is 0.137. The molecule has 0 aromatic heterocycles. The summed E-state index contributed by atoms with van der Waals surface area (Å²) in [5, 5.41) is -0.214. The van der Waals surface area contributed by atoms with Gasteiger partial charge in [-0.3, -0.25) is 9.59 Å². The van der Waals surface area contributed by atoms with Gasteiger partial charge in [0, 0.05) is 18.4 Å². The van der Waals surface area contributed by atoms with Gasteiger partial charge in [-0.1, -0.05) is 65.0 Å². The van der Waals surface area contributed by atoms with Crippen LogP contribution >= 0.6 is 14.3 Å². The van der Waals surface area contributed by atoms with Crippen molar-refractivity contribution in [2.24, 2.45) is 0 Å². The maximum atomic E-state index is 13.7. The highest BCUT2D eigenvalue weighted by Crippen LogP contribution is 2.69. The van der Waals surface area contributed by atoms with Crippen LogP contribution in [0.25, 0.3) is 0 Å².